The van der Waals surface area contributed by atoms with E-state index >= 15 is 0 Å². The van der Waals surface area contributed by atoms with E-state index in [2.05, 4.69) is 53.3 Å². The zero-order valence-corrected chi connectivity index (χ0v) is 12.4. The highest BCUT2D eigenvalue weighted by Crippen LogP contribution is 2.51. The molecule has 0 heteroatoms. The third kappa shape index (κ3) is 3.47. The Morgan fingerprint density at radius 2 is 2.12 bits per heavy atom. The lowest BCUT2D eigenvalue weighted by atomic mass is 9.72. The summed E-state index contributed by atoms with van der Waals surface area (Å²) >= 11 is 0. The van der Waals surface area contributed by atoms with Crippen molar-refractivity contribution in [3.05, 3.63) is 24.3 Å². The molecule has 98 valence electrons. The van der Waals surface area contributed by atoms with Crippen LogP contribution in [0.5, 0.6) is 0 Å². The summed E-state index contributed by atoms with van der Waals surface area (Å²) in [5.41, 5.74) is 2.07. The summed E-state index contributed by atoms with van der Waals surface area (Å²) in [7, 11) is 0. The van der Waals surface area contributed by atoms with Gasteiger partial charge in [-0.3, -0.25) is 0 Å². The molecule has 0 heterocycles. The van der Waals surface area contributed by atoms with Gasteiger partial charge in [-0.25, -0.2) is 0 Å². The molecule has 0 nitrogen and oxygen atoms in total. The Bertz CT molecular complexity index is 282. The van der Waals surface area contributed by atoms with Crippen LogP contribution in [0.25, 0.3) is 0 Å². The van der Waals surface area contributed by atoms with Crippen LogP contribution in [0.1, 0.15) is 60.3 Å². The quantitative estimate of drug-likeness (QED) is 0.543. The summed E-state index contributed by atoms with van der Waals surface area (Å²) in [5.74, 6) is 2.47. The molecule has 0 spiro atoms. The average molecular weight is 234 g/mol. The molecule has 17 heavy (non-hydrogen) atoms. The molecule has 1 rings (SSSR count). The molecular weight excluding hydrogens is 204 g/mol. The highest BCUT2D eigenvalue weighted by atomic mass is 14.5. The van der Waals surface area contributed by atoms with Crippen molar-refractivity contribution in [1.29, 1.82) is 0 Å². The van der Waals surface area contributed by atoms with Crippen LogP contribution in [0, 0.1) is 23.2 Å². The minimum atomic E-state index is 0.524. The van der Waals surface area contributed by atoms with Crippen molar-refractivity contribution in [2.45, 2.75) is 60.3 Å². The van der Waals surface area contributed by atoms with E-state index in [1.165, 1.54) is 25.7 Å². The fourth-order valence-corrected chi connectivity index (χ4v) is 3.44. The Kier molecular flexibility index (Phi) is 5.04. The third-order valence-corrected chi connectivity index (χ3v) is 5.04. The fourth-order valence-electron chi connectivity index (χ4n) is 3.44. The topological polar surface area (TPSA) is 0 Å². The van der Waals surface area contributed by atoms with E-state index in [1.54, 1.807) is 5.57 Å². The Labute approximate surface area is 108 Å². The normalized spacial score (nSPS) is 30.3. The molecule has 0 aromatic rings. The first-order valence-electron chi connectivity index (χ1n) is 7.16. The van der Waals surface area contributed by atoms with Gasteiger partial charge < -0.3 is 0 Å². The van der Waals surface area contributed by atoms with Crippen molar-refractivity contribution in [3.8, 4) is 0 Å². The maximum absolute atomic E-state index is 3.93. The second-order valence-corrected chi connectivity index (χ2v) is 6.59. The molecule has 0 saturated heterocycles. The van der Waals surface area contributed by atoms with Crippen LogP contribution in [-0.2, 0) is 0 Å². The van der Waals surface area contributed by atoms with E-state index in [9.17, 15) is 0 Å². The number of allylic oxidation sites excluding steroid dienone is 3. The van der Waals surface area contributed by atoms with Crippen molar-refractivity contribution in [2.75, 3.05) is 0 Å². The van der Waals surface area contributed by atoms with Gasteiger partial charge in [0, 0.05) is 0 Å². The summed E-state index contributed by atoms with van der Waals surface area (Å²) in [5, 5.41) is 0. The molecule has 0 bridgehead atoms. The zero-order chi connectivity index (χ0) is 13.1. The molecule has 0 aliphatic heterocycles. The van der Waals surface area contributed by atoms with E-state index in [0.717, 1.165) is 17.8 Å². The molecule has 1 aliphatic rings. The van der Waals surface area contributed by atoms with Gasteiger partial charge >= 0.3 is 0 Å². The zero-order valence-electron chi connectivity index (χ0n) is 12.4. The lowest BCUT2D eigenvalue weighted by Crippen LogP contribution is -2.24. The van der Waals surface area contributed by atoms with Crippen molar-refractivity contribution in [1.82, 2.24) is 0 Å². The monoisotopic (exact) mass is 234 g/mol. The molecule has 0 amide bonds. The van der Waals surface area contributed by atoms with E-state index in [-0.39, 0.29) is 0 Å². The average Bonchev–Trinajstić information content (AvgIpc) is 2.55. The van der Waals surface area contributed by atoms with E-state index in [1.807, 2.05) is 0 Å². The molecule has 1 fully saturated rings. The molecule has 1 saturated carbocycles. The van der Waals surface area contributed by atoms with Crippen molar-refractivity contribution < 1.29 is 0 Å². The van der Waals surface area contributed by atoms with Crippen molar-refractivity contribution in [3.63, 3.8) is 0 Å². The maximum atomic E-state index is 3.93. The molecule has 3 unspecified atom stereocenters. The highest BCUT2D eigenvalue weighted by molar-refractivity contribution is 5.03. The maximum Gasteiger partial charge on any atom is -0.0232 e. The number of hydrogen-bond acceptors (Lipinski definition) is 0. The minimum absolute atomic E-state index is 0.524. The van der Waals surface area contributed by atoms with Crippen LogP contribution < -0.4 is 0 Å². The number of hydrogen-bond donors (Lipinski definition) is 0. The molecule has 0 N–H and O–H groups in total. The molecule has 3 atom stereocenters. The van der Waals surface area contributed by atoms with Gasteiger partial charge in [0.05, 0.1) is 0 Å². The lowest BCUT2D eigenvalue weighted by molar-refractivity contribution is 0.187. The first-order chi connectivity index (χ1) is 7.92. The molecule has 0 aromatic carbocycles. The second-order valence-electron chi connectivity index (χ2n) is 6.59. The molecule has 0 radical (unpaired) electrons. The van der Waals surface area contributed by atoms with Crippen LogP contribution in [0.2, 0.25) is 0 Å². The van der Waals surface area contributed by atoms with Gasteiger partial charge in [0.1, 0.15) is 0 Å². The van der Waals surface area contributed by atoms with Crippen LogP contribution in [-0.4, -0.2) is 0 Å². The SMILES string of the molecule is C=CCC1CCC(C)(C)C1CC(C)C(C)=CC. The Balaban J connectivity index is 2.73. The van der Waals surface area contributed by atoms with Crippen LogP contribution in [0.15, 0.2) is 24.3 Å². The van der Waals surface area contributed by atoms with Gasteiger partial charge in [0.15, 0.2) is 0 Å². The molecule has 0 aromatic heterocycles. The van der Waals surface area contributed by atoms with Gasteiger partial charge in [-0.05, 0) is 62.7 Å². The van der Waals surface area contributed by atoms with Crippen molar-refractivity contribution >= 4 is 0 Å². The molecule has 1 aliphatic carbocycles. The summed E-state index contributed by atoms with van der Waals surface area (Å²) in [4.78, 5) is 0. The predicted octanol–water partition coefficient (Wildman–Crippen LogP) is 5.61. The summed E-state index contributed by atoms with van der Waals surface area (Å²) in [6.45, 7) is 15.7. The van der Waals surface area contributed by atoms with Crippen LogP contribution in [0.3, 0.4) is 0 Å². The Morgan fingerprint density at radius 3 is 2.65 bits per heavy atom. The third-order valence-electron chi connectivity index (χ3n) is 5.04. The van der Waals surface area contributed by atoms with Crippen molar-refractivity contribution in [2.24, 2.45) is 23.2 Å². The summed E-state index contributed by atoms with van der Waals surface area (Å²) < 4.78 is 0. The van der Waals surface area contributed by atoms with Gasteiger partial charge in [-0.2, -0.15) is 0 Å². The number of rotatable bonds is 5. The minimum Gasteiger partial charge on any atom is -0.103 e. The van der Waals surface area contributed by atoms with E-state index in [0.29, 0.717) is 5.41 Å². The second kappa shape index (κ2) is 5.89. The summed E-state index contributed by atoms with van der Waals surface area (Å²) in [6.07, 6.45) is 9.72. The highest BCUT2D eigenvalue weighted by Gasteiger charge is 2.41. The first-order valence-corrected chi connectivity index (χ1v) is 7.16. The van der Waals surface area contributed by atoms with Gasteiger partial charge in [0.2, 0.25) is 0 Å². The van der Waals surface area contributed by atoms with Gasteiger partial charge in [0.25, 0.3) is 0 Å². The predicted molar refractivity (Wildman–Crippen MR) is 78.0 cm³/mol. The van der Waals surface area contributed by atoms with Gasteiger partial charge in [-0.15, -0.1) is 6.58 Å². The van der Waals surface area contributed by atoms with E-state index < -0.39 is 0 Å². The smallest absolute Gasteiger partial charge is 0.0232 e. The Morgan fingerprint density at radius 1 is 1.47 bits per heavy atom. The first kappa shape index (κ1) is 14.5. The summed E-state index contributed by atoms with van der Waals surface area (Å²) in [6, 6.07) is 0. The Hall–Kier alpha value is -0.520. The van der Waals surface area contributed by atoms with Crippen LogP contribution >= 0.6 is 0 Å². The van der Waals surface area contributed by atoms with Crippen LogP contribution in [0.4, 0.5) is 0 Å². The molecular formula is C17H30. The fraction of sp³-hybridized carbons (Fsp3) is 0.765. The standard InChI is InChI=1S/C17H30/c1-7-9-15-10-11-17(5,6)16(15)12-14(4)13(3)8-2/h7-8,14-16H,1,9-12H2,2-6H3. The van der Waals surface area contributed by atoms with E-state index in [4.69, 9.17) is 0 Å². The van der Waals surface area contributed by atoms with Gasteiger partial charge in [-0.1, -0.05) is 38.5 Å². The lowest BCUT2D eigenvalue weighted by Gasteiger charge is -2.33. The largest absolute Gasteiger partial charge is 0.103 e.